The number of nitrogens with zero attached hydrogens (tertiary/aromatic N) is 3. The molecule has 0 unspecified atom stereocenters. The van der Waals surface area contributed by atoms with Crippen molar-refractivity contribution in [2.45, 2.75) is 0 Å². The number of carbonyl (C=O) groups excluding carboxylic acids is 1. The van der Waals surface area contributed by atoms with E-state index in [0.29, 0.717) is 19.0 Å². The highest BCUT2D eigenvalue weighted by Gasteiger charge is 2.22. The molecule has 1 radical (unpaired) electrons. The number of piperazine rings is 1. The van der Waals surface area contributed by atoms with Crippen LogP contribution in [0.4, 0.5) is 5.69 Å². The second-order valence-corrected chi connectivity index (χ2v) is 3.66. The normalized spacial score (nSPS) is 17.6. The molecule has 5 heteroatoms. The fourth-order valence-electron chi connectivity index (χ4n) is 1.65. The third-order valence-corrected chi connectivity index (χ3v) is 2.54. The lowest BCUT2D eigenvalue weighted by Gasteiger charge is -2.31. The van der Waals surface area contributed by atoms with Crippen LogP contribution >= 0.6 is 0 Å². The standard InChI is InChI=1S/C11H14N3O2/c1-13-5-6-14(11(15)8-13)9-3-4-10(16-2)12-7-9/h3-4,7H,1,5-6,8H2,2H3. The van der Waals surface area contributed by atoms with Gasteiger partial charge in [-0.15, -0.1) is 0 Å². The van der Waals surface area contributed by atoms with E-state index in [1.54, 1.807) is 29.2 Å². The Balaban J connectivity index is 2.14. The minimum atomic E-state index is 0.0493. The molecule has 1 aromatic heterocycles. The molecule has 0 bridgehead atoms. The zero-order chi connectivity index (χ0) is 11.5. The van der Waals surface area contributed by atoms with Crippen molar-refractivity contribution >= 4 is 11.6 Å². The Labute approximate surface area is 94.6 Å². The van der Waals surface area contributed by atoms with E-state index in [1.165, 1.54) is 0 Å². The largest absolute Gasteiger partial charge is 0.481 e. The summed E-state index contributed by atoms with van der Waals surface area (Å²) in [7, 11) is 5.32. The molecular weight excluding hydrogens is 206 g/mol. The van der Waals surface area contributed by atoms with Crippen molar-refractivity contribution in [3.63, 3.8) is 0 Å². The van der Waals surface area contributed by atoms with Crippen LogP contribution in [0.3, 0.4) is 0 Å². The fourth-order valence-corrected chi connectivity index (χ4v) is 1.65. The van der Waals surface area contributed by atoms with Crippen molar-refractivity contribution in [3.8, 4) is 5.88 Å². The lowest BCUT2D eigenvalue weighted by molar-refractivity contribution is -0.120. The molecule has 16 heavy (non-hydrogen) atoms. The molecule has 1 saturated heterocycles. The van der Waals surface area contributed by atoms with E-state index in [4.69, 9.17) is 4.74 Å². The molecule has 2 rings (SSSR count). The number of anilines is 1. The molecule has 1 aliphatic heterocycles. The van der Waals surface area contributed by atoms with Gasteiger partial charge in [0.05, 0.1) is 25.5 Å². The van der Waals surface area contributed by atoms with E-state index in [0.717, 1.165) is 12.2 Å². The van der Waals surface area contributed by atoms with Crippen molar-refractivity contribution in [3.05, 3.63) is 25.4 Å². The van der Waals surface area contributed by atoms with Gasteiger partial charge in [-0.3, -0.25) is 9.69 Å². The highest BCUT2D eigenvalue weighted by Crippen LogP contribution is 2.18. The number of amides is 1. The van der Waals surface area contributed by atoms with Crippen LogP contribution in [-0.4, -0.2) is 42.5 Å². The summed E-state index contributed by atoms with van der Waals surface area (Å²) < 4.78 is 4.97. The molecule has 1 aromatic rings. The van der Waals surface area contributed by atoms with Crippen LogP contribution in [0.5, 0.6) is 5.88 Å². The number of rotatable bonds is 2. The van der Waals surface area contributed by atoms with Crippen LogP contribution in [-0.2, 0) is 4.79 Å². The molecular formula is C11H14N3O2. The van der Waals surface area contributed by atoms with Crippen molar-refractivity contribution in [1.29, 1.82) is 0 Å². The summed E-state index contributed by atoms with van der Waals surface area (Å²) in [5.41, 5.74) is 0.805. The van der Waals surface area contributed by atoms with E-state index in [9.17, 15) is 4.79 Å². The lowest BCUT2D eigenvalue weighted by Crippen LogP contribution is -2.48. The molecule has 2 heterocycles. The summed E-state index contributed by atoms with van der Waals surface area (Å²) >= 11 is 0. The smallest absolute Gasteiger partial charge is 0.241 e. The minimum absolute atomic E-state index is 0.0493. The van der Waals surface area contributed by atoms with Gasteiger partial charge in [-0.25, -0.2) is 4.98 Å². The van der Waals surface area contributed by atoms with Gasteiger partial charge in [0.2, 0.25) is 11.8 Å². The van der Waals surface area contributed by atoms with Crippen LogP contribution in [0.1, 0.15) is 0 Å². The quantitative estimate of drug-likeness (QED) is 0.729. The van der Waals surface area contributed by atoms with Crippen LogP contribution in [0.25, 0.3) is 0 Å². The highest BCUT2D eigenvalue weighted by atomic mass is 16.5. The third kappa shape index (κ3) is 2.14. The number of ether oxygens (including phenoxy) is 1. The van der Waals surface area contributed by atoms with Crippen LogP contribution in [0.15, 0.2) is 18.3 Å². The topological polar surface area (TPSA) is 45.7 Å². The molecule has 85 valence electrons. The van der Waals surface area contributed by atoms with Gasteiger partial charge >= 0.3 is 0 Å². The van der Waals surface area contributed by atoms with E-state index in [2.05, 4.69) is 12.0 Å². The molecule has 0 spiro atoms. The minimum Gasteiger partial charge on any atom is -0.481 e. The van der Waals surface area contributed by atoms with Crippen molar-refractivity contribution in [1.82, 2.24) is 9.88 Å². The fraction of sp³-hybridized carbons (Fsp3) is 0.364. The zero-order valence-corrected chi connectivity index (χ0v) is 9.22. The number of hydrogen-bond acceptors (Lipinski definition) is 4. The number of methoxy groups -OCH3 is 1. The summed E-state index contributed by atoms with van der Waals surface area (Å²) in [6.07, 6.45) is 1.65. The average molecular weight is 220 g/mol. The van der Waals surface area contributed by atoms with Crippen LogP contribution in [0.2, 0.25) is 0 Å². The van der Waals surface area contributed by atoms with E-state index >= 15 is 0 Å². The monoisotopic (exact) mass is 220 g/mol. The second-order valence-electron chi connectivity index (χ2n) is 3.66. The molecule has 1 fully saturated rings. The molecule has 0 aromatic carbocycles. The maximum absolute atomic E-state index is 11.7. The maximum atomic E-state index is 11.7. The Morgan fingerprint density at radius 1 is 1.44 bits per heavy atom. The van der Waals surface area contributed by atoms with Gasteiger partial charge in [0.1, 0.15) is 0 Å². The van der Waals surface area contributed by atoms with Gasteiger partial charge in [-0.05, 0) is 6.07 Å². The molecule has 0 N–H and O–H groups in total. The molecule has 0 saturated carbocycles. The number of carbonyl (C=O) groups is 1. The van der Waals surface area contributed by atoms with E-state index in [1.807, 2.05) is 6.07 Å². The van der Waals surface area contributed by atoms with Gasteiger partial charge in [-0.2, -0.15) is 0 Å². The number of pyridine rings is 1. The first-order valence-electron chi connectivity index (χ1n) is 5.06. The first kappa shape index (κ1) is 10.9. The first-order chi connectivity index (χ1) is 7.70. The first-order valence-corrected chi connectivity index (χ1v) is 5.06. The Morgan fingerprint density at radius 2 is 2.25 bits per heavy atom. The lowest BCUT2D eigenvalue weighted by atomic mass is 10.3. The van der Waals surface area contributed by atoms with Gasteiger partial charge in [-0.1, -0.05) is 0 Å². The summed E-state index contributed by atoms with van der Waals surface area (Å²) in [5, 5.41) is 0. The summed E-state index contributed by atoms with van der Waals surface area (Å²) in [4.78, 5) is 19.3. The average Bonchev–Trinajstić information content (AvgIpc) is 2.29. The van der Waals surface area contributed by atoms with Crippen molar-refractivity contribution < 1.29 is 9.53 Å². The SMILES string of the molecule is [CH2]N1CCN(c2ccc(OC)nc2)C(=O)C1. The second kappa shape index (κ2) is 4.49. The Bertz CT molecular complexity index is 377. The highest BCUT2D eigenvalue weighted by molar-refractivity contribution is 5.95. The predicted molar refractivity (Wildman–Crippen MR) is 60.1 cm³/mol. The van der Waals surface area contributed by atoms with E-state index < -0.39 is 0 Å². The van der Waals surface area contributed by atoms with Gasteiger partial charge in [0.25, 0.3) is 0 Å². The molecule has 0 aliphatic carbocycles. The van der Waals surface area contributed by atoms with E-state index in [-0.39, 0.29) is 5.91 Å². The molecule has 0 atom stereocenters. The Hall–Kier alpha value is -1.62. The van der Waals surface area contributed by atoms with Crippen molar-refractivity contribution in [2.24, 2.45) is 0 Å². The van der Waals surface area contributed by atoms with Crippen molar-refractivity contribution in [2.75, 3.05) is 31.6 Å². The summed E-state index contributed by atoms with van der Waals surface area (Å²) in [6, 6.07) is 3.58. The van der Waals surface area contributed by atoms with Crippen LogP contribution in [0, 0.1) is 7.05 Å². The number of aromatic nitrogens is 1. The Morgan fingerprint density at radius 3 is 2.81 bits per heavy atom. The molecule has 1 amide bonds. The molecule has 5 nitrogen and oxygen atoms in total. The number of hydrogen-bond donors (Lipinski definition) is 0. The van der Waals surface area contributed by atoms with Crippen LogP contribution < -0.4 is 9.64 Å². The zero-order valence-electron chi connectivity index (χ0n) is 9.22. The van der Waals surface area contributed by atoms with Gasteiger partial charge < -0.3 is 9.64 Å². The third-order valence-electron chi connectivity index (χ3n) is 2.54. The Kier molecular flexibility index (Phi) is 3.05. The summed E-state index contributed by atoms with van der Waals surface area (Å²) in [5.74, 6) is 0.597. The maximum Gasteiger partial charge on any atom is 0.241 e. The predicted octanol–water partition coefficient (Wildman–Crippen LogP) is 0.530. The van der Waals surface area contributed by atoms with Gasteiger partial charge in [0.15, 0.2) is 0 Å². The summed E-state index contributed by atoms with van der Waals surface area (Å²) in [6.45, 7) is 1.78. The molecule has 1 aliphatic rings. The van der Waals surface area contributed by atoms with Gasteiger partial charge in [0, 0.05) is 26.2 Å².